The number of aromatic nitrogens is 1. The molecule has 0 radical (unpaired) electrons. The molecule has 0 saturated heterocycles. The molecule has 2 aromatic rings. The van der Waals surface area contributed by atoms with E-state index in [9.17, 15) is 4.79 Å². The third-order valence-corrected chi connectivity index (χ3v) is 2.84. The van der Waals surface area contributed by atoms with E-state index in [1.807, 2.05) is 63.2 Å². The second-order valence-electron chi connectivity index (χ2n) is 6.11. The number of ether oxygens (including phenoxy) is 2. The normalized spacial score (nSPS) is 10.9. The number of carbonyl (C=O) groups excluding carboxylic acids is 1. The smallest absolute Gasteiger partial charge is 0.407 e. The number of nitrogens with zero attached hydrogens (tertiary/aromatic N) is 1. The Balaban J connectivity index is 1.86. The number of carbonyl (C=O) groups is 1. The molecule has 0 bridgehead atoms. The van der Waals surface area contributed by atoms with Crippen molar-refractivity contribution in [1.82, 2.24) is 10.3 Å². The average Bonchev–Trinajstić information content (AvgIpc) is 2.51. The molecule has 0 saturated carbocycles. The first-order valence-corrected chi connectivity index (χ1v) is 7.51. The molecule has 0 atom stereocenters. The third-order valence-electron chi connectivity index (χ3n) is 2.84. The maximum Gasteiger partial charge on any atom is 0.407 e. The Hall–Kier alpha value is -2.56. The van der Waals surface area contributed by atoms with E-state index in [0.29, 0.717) is 13.2 Å². The number of pyridine rings is 1. The molecule has 0 unspecified atom stereocenters. The van der Waals surface area contributed by atoms with E-state index in [2.05, 4.69) is 10.3 Å². The van der Waals surface area contributed by atoms with Gasteiger partial charge in [-0.25, -0.2) is 4.79 Å². The largest absolute Gasteiger partial charge is 0.489 e. The van der Waals surface area contributed by atoms with Gasteiger partial charge in [0.05, 0.1) is 12.2 Å². The molecular formula is C18H22N2O3. The fourth-order valence-electron chi connectivity index (χ4n) is 1.87. The summed E-state index contributed by atoms with van der Waals surface area (Å²) in [5.74, 6) is 0.817. The fraction of sp³-hybridized carbons (Fsp3) is 0.333. The van der Waals surface area contributed by atoms with Crippen LogP contribution in [0.25, 0.3) is 0 Å². The van der Waals surface area contributed by atoms with E-state index in [4.69, 9.17) is 9.47 Å². The molecular weight excluding hydrogens is 292 g/mol. The number of para-hydroxylation sites is 1. The topological polar surface area (TPSA) is 60.5 Å². The molecule has 1 aromatic heterocycles. The van der Waals surface area contributed by atoms with Crippen LogP contribution in [0.15, 0.2) is 48.7 Å². The number of alkyl carbamates (subject to hydrolysis) is 1. The van der Waals surface area contributed by atoms with Crippen molar-refractivity contribution in [2.75, 3.05) is 0 Å². The van der Waals surface area contributed by atoms with Gasteiger partial charge >= 0.3 is 6.09 Å². The van der Waals surface area contributed by atoms with Gasteiger partial charge in [0.1, 0.15) is 18.0 Å². The number of nitrogens with one attached hydrogen (secondary N) is 1. The van der Waals surface area contributed by atoms with Crippen LogP contribution in [0.4, 0.5) is 4.79 Å². The minimum atomic E-state index is -0.511. The van der Waals surface area contributed by atoms with Gasteiger partial charge in [-0.05, 0) is 50.6 Å². The second-order valence-corrected chi connectivity index (χ2v) is 6.11. The molecule has 23 heavy (non-hydrogen) atoms. The Morgan fingerprint density at radius 3 is 2.61 bits per heavy atom. The highest BCUT2D eigenvalue weighted by molar-refractivity contribution is 5.67. The number of hydrogen-bond donors (Lipinski definition) is 1. The molecule has 0 aliphatic heterocycles. The summed E-state index contributed by atoms with van der Waals surface area (Å²) in [6.07, 6.45) is 1.25. The summed E-state index contributed by atoms with van der Waals surface area (Å²) in [4.78, 5) is 15.9. The molecule has 2 rings (SSSR count). The number of benzene rings is 1. The molecule has 1 heterocycles. The lowest BCUT2D eigenvalue weighted by atomic mass is 10.2. The fourth-order valence-corrected chi connectivity index (χ4v) is 1.87. The van der Waals surface area contributed by atoms with Gasteiger partial charge in [-0.1, -0.05) is 18.2 Å². The zero-order valence-electron chi connectivity index (χ0n) is 13.7. The monoisotopic (exact) mass is 314 g/mol. The highest BCUT2D eigenvalue weighted by atomic mass is 16.6. The summed E-state index contributed by atoms with van der Waals surface area (Å²) in [6, 6.07) is 13.4. The zero-order valence-corrected chi connectivity index (χ0v) is 13.7. The van der Waals surface area contributed by atoms with Gasteiger partial charge in [-0.3, -0.25) is 4.98 Å². The van der Waals surface area contributed by atoms with Gasteiger partial charge < -0.3 is 14.8 Å². The van der Waals surface area contributed by atoms with E-state index in [0.717, 1.165) is 17.0 Å². The first-order chi connectivity index (χ1) is 10.9. The lowest BCUT2D eigenvalue weighted by molar-refractivity contribution is 0.0523. The molecule has 0 aliphatic carbocycles. The van der Waals surface area contributed by atoms with Crippen LogP contribution in [0, 0.1) is 0 Å². The highest BCUT2D eigenvalue weighted by Gasteiger charge is 2.15. The molecule has 0 spiro atoms. The first-order valence-electron chi connectivity index (χ1n) is 7.51. The predicted octanol–water partition coefficient (Wildman–Crippen LogP) is 3.69. The average molecular weight is 314 g/mol. The van der Waals surface area contributed by atoms with E-state index in [1.165, 1.54) is 0 Å². The van der Waals surface area contributed by atoms with Crippen LogP contribution in [-0.2, 0) is 17.9 Å². The standard InChI is InChI=1S/C18H22N2O3/c1-18(2,3)23-17(21)20-12-15-11-14(9-10-19-15)13-22-16-7-5-4-6-8-16/h4-11H,12-13H2,1-3H3,(H,20,21). The van der Waals surface area contributed by atoms with Crippen molar-refractivity contribution in [2.45, 2.75) is 39.5 Å². The van der Waals surface area contributed by atoms with E-state index >= 15 is 0 Å². The van der Waals surface area contributed by atoms with Gasteiger partial charge in [-0.2, -0.15) is 0 Å². The van der Waals surface area contributed by atoms with E-state index in [-0.39, 0.29) is 0 Å². The molecule has 1 aromatic carbocycles. The summed E-state index contributed by atoms with van der Waals surface area (Å²) in [5, 5.41) is 2.69. The van der Waals surface area contributed by atoms with E-state index in [1.54, 1.807) is 6.20 Å². The number of rotatable bonds is 5. The van der Waals surface area contributed by atoms with Gasteiger partial charge in [0.2, 0.25) is 0 Å². The quantitative estimate of drug-likeness (QED) is 0.914. The minimum Gasteiger partial charge on any atom is -0.489 e. The lowest BCUT2D eigenvalue weighted by Crippen LogP contribution is -2.32. The molecule has 122 valence electrons. The Morgan fingerprint density at radius 2 is 1.91 bits per heavy atom. The minimum absolute atomic E-state index is 0.314. The van der Waals surface area contributed by atoms with Crippen LogP contribution in [0.2, 0.25) is 0 Å². The number of hydrogen-bond acceptors (Lipinski definition) is 4. The molecule has 0 fully saturated rings. The van der Waals surface area contributed by atoms with Crippen molar-refractivity contribution < 1.29 is 14.3 Å². The molecule has 1 amide bonds. The van der Waals surface area contributed by atoms with Crippen molar-refractivity contribution in [3.05, 3.63) is 59.9 Å². The lowest BCUT2D eigenvalue weighted by Gasteiger charge is -2.19. The molecule has 0 aliphatic rings. The SMILES string of the molecule is CC(C)(C)OC(=O)NCc1cc(COc2ccccc2)ccn1. The highest BCUT2D eigenvalue weighted by Crippen LogP contribution is 2.12. The first kappa shape index (κ1) is 16.8. The molecule has 5 nitrogen and oxygen atoms in total. The van der Waals surface area contributed by atoms with Crippen LogP contribution in [-0.4, -0.2) is 16.7 Å². The van der Waals surface area contributed by atoms with Gasteiger partial charge in [0, 0.05) is 6.20 Å². The summed E-state index contributed by atoms with van der Waals surface area (Å²) < 4.78 is 10.9. The van der Waals surface area contributed by atoms with Crippen LogP contribution >= 0.6 is 0 Å². The van der Waals surface area contributed by atoms with Crippen molar-refractivity contribution in [3.8, 4) is 5.75 Å². The molecule has 5 heteroatoms. The van der Waals surface area contributed by atoms with Gasteiger partial charge in [0.15, 0.2) is 0 Å². The van der Waals surface area contributed by atoms with Crippen LogP contribution < -0.4 is 10.1 Å². The summed E-state index contributed by atoms with van der Waals surface area (Å²) in [5.41, 5.74) is 1.23. The third kappa shape index (κ3) is 6.38. The molecule has 1 N–H and O–H groups in total. The van der Waals surface area contributed by atoms with Crippen LogP contribution in [0.5, 0.6) is 5.75 Å². The van der Waals surface area contributed by atoms with Crippen molar-refractivity contribution in [3.63, 3.8) is 0 Å². The Kier molecular flexibility index (Phi) is 5.57. The van der Waals surface area contributed by atoms with Crippen LogP contribution in [0.1, 0.15) is 32.0 Å². The maximum atomic E-state index is 11.6. The Labute approximate surface area is 136 Å². The summed E-state index contributed by atoms with van der Waals surface area (Å²) in [7, 11) is 0. The van der Waals surface area contributed by atoms with Crippen LogP contribution in [0.3, 0.4) is 0 Å². The maximum absolute atomic E-state index is 11.6. The Morgan fingerprint density at radius 1 is 1.17 bits per heavy atom. The predicted molar refractivity (Wildman–Crippen MR) is 88.1 cm³/mol. The number of amides is 1. The van der Waals surface area contributed by atoms with Crippen molar-refractivity contribution in [2.24, 2.45) is 0 Å². The second kappa shape index (κ2) is 7.63. The zero-order chi connectivity index (χ0) is 16.7. The summed E-state index contributed by atoms with van der Waals surface area (Å²) in [6.45, 7) is 6.24. The Bertz CT molecular complexity index is 636. The van der Waals surface area contributed by atoms with Crippen molar-refractivity contribution >= 4 is 6.09 Å². The van der Waals surface area contributed by atoms with Crippen molar-refractivity contribution in [1.29, 1.82) is 0 Å². The summed E-state index contributed by atoms with van der Waals surface area (Å²) >= 11 is 0. The van der Waals surface area contributed by atoms with E-state index < -0.39 is 11.7 Å². The van der Waals surface area contributed by atoms with Gasteiger partial charge in [-0.15, -0.1) is 0 Å². The van der Waals surface area contributed by atoms with Gasteiger partial charge in [0.25, 0.3) is 0 Å².